The van der Waals surface area contributed by atoms with Crippen LogP contribution in [0.2, 0.25) is 0 Å². The Labute approximate surface area is 112 Å². The molecule has 0 aliphatic carbocycles. The molecule has 2 aromatic rings. The van der Waals surface area contributed by atoms with E-state index in [1.54, 1.807) is 18.4 Å². The Kier molecular flexibility index (Phi) is 4.25. The maximum Gasteiger partial charge on any atom is 0.343 e. The normalized spacial score (nSPS) is 10.1. The standard InChI is InChI=1S/C11H12N4OS2/c1-15-10(16)13-14-11(15)18-7-9-5-8(6-17-9)3-2-4-12/h5-6H,4,7,12H2,1H3,(H,13,16). The first-order chi connectivity index (χ1) is 8.70. The van der Waals surface area contributed by atoms with E-state index >= 15 is 0 Å². The SMILES string of the molecule is Cn1c(SCc2cc(C#CCN)cs2)n[nH]c1=O. The minimum Gasteiger partial charge on any atom is -0.320 e. The van der Waals surface area contributed by atoms with Crippen molar-refractivity contribution >= 4 is 23.1 Å². The van der Waals surface area contributed by atoms with Crippen LogP contribution in [0, 0.1) is 11.8 Å². The molecule has 0 aliphatic heterocycles. The Hall–Kier alpha value is -1.49. The highest BCUT2D eigenvalue weighted by Crippen LogP contribution is 2.23. The molecule has 0 unspecified atom stereocenters. The molecule has 0 atom stereocenters. The summed E-state index contributed by atoms with van der Waals surface area (Å²) in [6, 6.07) is 2.03. The fraction of sp³-hybridized carbons (Fsp3) is 0.273. The first kappa shape index (κ1) is 13.0. The largest absolute Gasteiger partial charge is 0.343 e. The summed E-state index contributed by atoms with van der Waals surface area (Å²) in [5.74, 6) is 6.58. The lowest BCUT2D eigenvalue weighted by Crippen LogP contribution is -2.12. The van der Waals surface area contributed by atoms with Crippen molar-refractivity contribution < 1.29 is 0 Å². The van der Waals surface area contributed by atoms with Gasteiger partial charge in [-0.05, 0) is 6.07 Å². The van der Waals surface area contributed by atoms with Crippen molar-refractivity contribution in [3.63, 3.8) is 0 Å². The molecule has 7 heteroatoms. The quantitative estimate of drug-likeness (QED) is 0.643. The zero-order valence-corrected chi connectivity index (χ0v) is 11.4. The Morgan fingerprint density at radius 1 is 1.67 bits per heavy atom. The van der Waals surface area contributed by atoms with Crippen molar-refractivity contribution in [2.45, 2.75) is 10.9 Å². The highest BCUT2D eigenvalue weighted by molar-refractivity contribution is 7.98. The third kappa shape index (κ3) is 3.04. The molecule has 0 fully saturated rings. The van der Waals surface area contributed by atoms with Crippen LogP contribution in [0.25, 0.3) is 0 Å². The maximum absolute atomic E-state index is 11.2. The molecule has 3 N–H and O–H groups in total. The van der Waals surface area contributed by atoms with E-state index in [9.17, 15) is 4.79 Å². The number of nitrogens with two attached hydrogens (primary N) is 1. The molecular weight excluding hydrogens is 268 g/mol. The summed E-state index contributed by atoms with van der Waals surface area (Å²) in [6.45, 7) is 0.370. The zero-order chi connectivity index (χ0) is 13.0. The molecule has 0 aliphatic rings. The average molecular weight is 280 g/mol. The molecule has 5 nitrogen and oxygen atoms in total. The van der Waals surface area contributed by atoms with Gasteiger partial charge in [-0.25, -0.2) is 9.89 Å². The molecule has 0 saturated carbocycles. The van der Waals surface area contributed by atoms with Crippen LogP contribution in [-0.2, 0) is 12.8 Å². The van der Waals surface area contributed by atoms with Crippen LogP contribution in [0.3, 0.4) is 0 Å². The lowest BCUT2D eigenvalue weighted by Gasteiger charge is -1.96. The number of thiophene rings is 1. The van der Waals surface area contributed by atoms with Crippen molar-refractivity contribution in [3.05, 3.63) is 32.4 Å². The Morgan fingerprint density at radius 2 is 2.50 bits per heavy atom. The second kappa shape index (κ2) is 5.91. The van der Waals surface area contributed by atoms with Gasteiger partial charge in [0.1, 0.15) is 0 Å². The number of hydrogen-bond donors (Lipinski definition) is 2. The van der Waals surface area contributed by atoms with Crippen LogP contribution in [0.5, 0.6) is 0 Å². The highest BCUT2D eigenvalue weighted by Gasteiger charge is 2.06. The van der Waals surface area contributed by atoms with E-state index in [0.29, 0.717) is 11.7 Å². The Balaban J connectivity index is 2.00. The predicted octanol–water partition coefficient (Wildman–Crippen LogP) is 0.772. The lowest BCUT2D eigenvalue weighted by atomic mass is 10.3. The van der Waals surface area contributed by atoms with Crippen molar-refractivity contribution in [1.29, 1.82) is 0 Å². The monoisotopic (exact) mass is 280 g/mol. The average Bonchev–Trinajstić information content (AvgIpc) is 2.94. The molecule has 2 rings (SSSR count). The Bertz CT molecular complexity index is 644. The summed E-state index contributed by atoms with van der Waals surface area (Å²) in [5.41, 5.74) is 6.11. The number of nitrogens with zero attached hydrogens (tertiary/aromatic N) is 2. The van der Waals surface area contributed by atoms with E-state index in [4.69, 9.17) is 5.73 Å². The van der Waals surface area contributed by atoms with Crippen molar-refractivity contribution in [2.75, 3.05) is 6.54 Å². The molecule has 0 amide bonds. The van der Waals surface area contributed by atoms with Gasteiger partial charge < -0.3 is 5.73 Å². The first-order valence-electron chi connectivity index (χ1n) is 5.21. The molecule has 0 saturated heterocycles. The van der Waals surface area contributed by atoms with Crippen molar-refractivity contribution in [1.82, 2.24) is 14.8 Å². The van der Waals surface area contributed by atoms with Crippen LogP contribution in [0.1, 0.15) is 10.4 Å². The van der Waals surface area contributed by atoms with E-state index in [1.165, 1.54) is 21.2 Å². The molecule has 2 aromatic heterocycles. The molecule has 0 bridgehead atoms. The first-order valence-corrected chi connectivity index (χ1v) is 7.08. The summed E-state index contributed by atoms with van der Waals surface area (Å²) in [4.78, 5) is 12.4. The van der Waals surface area contributed by atoms with Gasteiger partial charge in [-0.1, -0.05) is 23.6 Å². The van der Waals surface area contributed by atoms with Gasteiger partial charge in [0.15, 0.2) is 5.16 Å². The third-order valence-corrected chi connectivity index (χ3v) is 4.37. The zero-order valence-electron chi connectivity index (χ0n) is 9.77. The van der Waals surface area contributed by atoms with E-state index in [2.05, 4.69) is 22.0 Å². The van der Waals surface area contributed by atoms with Gasteiger partial charge in [0.2, 0.25) is 0 Å². The molecule has 94 valence electrons. The van der Waals surface area contributed by atoms with Gasteiger partial charge in [0.25, 0.3) is 0 Å². The van der Waals surface area contributed by atoms with E-state index in [0.717, 1.165) is 11.3 Å². The van der Waals surface area contributed by atoms with Crippen LogP contribution < -0.4 is 11.4 Å². The fourth-order valence-electron chi connectivity index (χ4n) is 1.27. The third-order valence-electron chi connectivity index (χ3n) is 2.17. The number of rotatable bonds is 3. The second-order valence-electron chi connectivity index (χ2n) is 3.47. The second-order valence-corrected chi connectivity index (χ2v) is 5.40. The van der Waals surface area contributed by atoms with Crippen LogP contribution in [0.4, 0.5) is 0 Å². The number of hydrogen-bond acceptors (Lipinski definition) is 5. The maximum atomic E-state index is 11.2. The summed E-state index contributed by atoms with van der Waals surface area (Å²) in [5, 5.41) is 9.03. The van der Waals surface area contributed by atoms with Crippen LogP contribution >= 0.6 is 23.1 Å². The number of aromatic amines is 1. The number of thioether (sulfide) groups is 1. The highest BCUT2D eigenvalue weighted by atomic mass is 32.2. The predicted molar refractivity (Wildman–Crippen MR) is 73.6 cm³/mol. The summed E-state index contributed by atoms with van der Waals surface area (Å²) in [6.07, 6.45) is 0. The molecule has 18 heavy (non-hydrogen) atoms. The number of nitrogens with one attached hydrogen (secondary N) is 1. The van der Waals surface area contributed by atoms with Crippen LogP contribution in [-0.4, -0.2) is 21.3 Å². The molecule has 0 spiro atoms. The van der Waals surface area contributed by atoms with E-state index in [1.807, 2.05) is 11.4 Å². The lowest BCUT2D eigenvalue weighted by molar-refractivity contribution is 0.766. The number of aromatic nitrogens is 3. The van der Waals surface area contributed by atoms with Gasteiger partial charge >= 0.3 is 5.69 Å². The van der Waals surface area contributed by atoms with Gasteiger partial charge in [0.05, 0.1) is 6.54 Å². The fourth-order valence-corrected chi connectivity index (χ4v) is 3.06. The Morgan fingerprint density at radius 3 is 3.17 bits per heavy atom. The molecule has 0 radical (unpaired) electrons. The van der Waals surface area contributed by atoms with Crippen molar-refractivity contribution in [3.8, 4) is 11.8 Å². The molecule has 0 aromatic carbocycles. The van der Waals surface area contributed by atoms with Crippen molar-refractivity contribution in [2.24, 2.45) is 12.8 Å². The van der Waals surface area contributed by atoms with Gasteiger partial charge in [-0.3, -0.25) is 4.57 Å². The minimum absolute atomic E-state index is 0.196. The topological polar surface area (TPSA) is 76.7 Å². The minimum atomic E-state index is -0.196. The van der Waals surface area contributed by atoms with E-state index in [-0.39, 0.29) is 5.69 Å². The van der Waals surface area contributed by atoms with Gasteiger partial charge in [0, 0.05) is 28.6 Å². The molecular formula is C11H12N4OS2. The molecule has 2 heterocycles. The van der Waals surface area contributed by atoms with Crippen LogP contribution in [0.15, 0.2) is 21.4 Å². The van der Waals surface area contributed by atoms with Gasteiger partial charge in [-0.15, -0.1) is 16.4 Å². The van der Waals surface area contributed by atoms with Gasteiger partial charge in [-0.2, -0.15) is 0 Å². The summed E-state index contributed by atoms with van der Waals surface area (Å²) >= 11 is 3.16. The summed E-state index contributed by atoms with van der Waals surface area (Å²) < 4.78 is 1.49. The van der Waals surface area contributed by atoms with E-state index < -0.39 is 0 Å². The summed E-state index contributed by atoms with van der Waals surface area (Å²) in [7, 11) is 1.70. The number of H-pyrrole nitrogens is 1. The smallest absolute Gasteiger partial charge is 0.320 e.